The fourth-order valence-electron chi connectivity index (χ4n) is 8.13. The number of hydrogen-bond acceptors (Lipinski definition) is 6. The largest absolute Gasteiger partial charge is 0.378 e. The standard InChI is InChI=1S/C35H55ClN4O4/c1-7-37-31(41)29-19-26(40(33(43)30-9-8-18-44-30)25-14-16-35(5,6)17-15-25)20-39(29)32(42)28-22-38(34(2,3)4)21-27(28)23-10-12-24(36)13-11-23/h10-13,25-30,32,42H,7-9,14-22H2,1-6H3,(H,37,41)/t26-,27-,28+,29-,30-,32?/m0/s1. The first-order valence-corrected chi connectivity index (χ1v) is 17.3. The van der Waals surface area contributed by atoms with Crippen molar-refractivity contribution in [2.45, 2.75) is 128 Å². The Morgan fingerprint density at radius 3 is 2.36 bits per heavy atom. The van der Waals surface area contributed by atoms with Crippen molar-refractivity contribution in [1.29, 1.82) is 0 Å². The third-order valence-corrected chi connectivity index (χ3v) is 11.1. The van der Waals surface area contributed by atoms with Crippen LogP contribution in [0.15, 0.2) is 24.3 Å². The van der Waals surface area contributed by atoms with E-state index >= 15 is 0 Å². The van der Waals surface area contributed by atoms with Gasteiger partial charge in [0.2, 0.25) is 5.91 Å². The summed E-state index contributed by atoms with van der Waals surface area (Å²) < 4.78 is 5.92. The summed E-state index contributed by atoms with van der Waals surface area (Å²) >= 11 is 6.25. The van der Waals surface area contributed by atoms with Crippen LogP contribution < -0.4 is 5.32 Å². The third-order valence-electron chi connectivity index (χ3n) is 10.9. The molecule has 0 spiro atoms. The molecule has 0 aromatic heterocycles. The van der Waals surface area contributed by atoms with Crippen molar-refractivity contribution in [1.82, 2.24) is 20.0 Å². The summed E-state index contributed by atoms with van der Waals surface area (Å²) in [6, 6.07) is 7.44. The molecule has 4 aliphatic rings. The number of nitrogens with zero attached hydrogens (tertiary/aromatic N) is 3. The van der Waals surface area contributed by atoms with Gasteiger partial charge in [0, 0.05) is 67.3 Å². The summed E-state index contributed by atoms with van der Waals surface area (Å²) in [6.07, 6.45) is 4.97. The Labute approximate surface area is 269 Å². The maximum atomic E-state index is 14.1. The van der Waals surface area contributed by atoms with Gasteiger partial charge in [0.25, 0.3) is 5.91 Å². The first kappa shape index (κ1) is 33.6. The van der Waals surface area contributed by atoms with Crippen LogP contribution in [-0.4, -0.2) is 100 Å². The summed E-state index contributed by atoms with van der Waals surface area (Å²) in [7, 11) is 0. The van der Waals surface area contributed by atoms with Crippen molar-refractivity contribution in [3.63, 3.8) is 0 Å². The van der Waals surface area contributed by atoms with Gasteiger partial charge in [0.1, 0.15) is 12.3 Å². The predicted octanol–water partition coefficient (Wildman–Crippen LogP) is 5.03. The van der Waals surface area contributed by atoms with E-state index in [1.165, 1.54) is 0 Å². The molecular weight excluding hydrogens is 576 g/mol. The highest BCUT2D eigenvalue weighted by Gasteiger charge is 2.51. The van der Waals surface area contributed by atoms with Crippen molar-refractivity contribution in [2.24, 2.45) is 11.3 Å². The molecule has 8 nitrogen and oxygen atoms in total. The van der Waals surface area contributed by atoms with E-state index in [9.17, 15) is 14.7 Å². The average molecular weight is 631 g/mol. The van der Waals surface area contributed by atoms with E-state index in [1.54, 1.807) is 0 Å². The Kier molecular flexibility index (Phi) is 10.4. The van der Waals surface area contributed by atoms with E-state index in [0.29, 0.717) is 31.1 Å². The molecule has 5 rings (SSSR count). The second-order valence-electron chi connectivity index (χ2n) is 15.5. The van der Waals surface area contributed by atoms with Gasteiger partial charge in [-0.05, 0) is 95.8 Å². The molecule has 1 aliphatic carbocycles. The molecule has 0 radical (unpaired) electrons. The van der Waals surface area contributed by atoms with E-state index in [-0.39, 0.29) is 46.7 Å². The normalized spacial score (nSPS) is 30.9. The van der Waals surface area contributed by atoms with Crippen LogP contribution in [0.3, 0.4) is 0 Å². The van der Waals surface area contributed by atoms with Gasteiger partial charge in [-0.3, -0.25) is 19.4 Å². The Hall–Kier alpha value is -1.71. The summed E-state index contributed by atoms with van der Waals surface area (Å²) in [5, 5.41) is 16.0. The maximum Gasteiger partial charge on any atom is 0.252 e. The van der Waals surface area contributed by atoms with Gasteiger partial charge < -0.3 is 20.1 Å². The summed E-state index contributed by atoms with van der Waals surface area (Å²) in [4.78, 5) is 34.3. The first-order chi connectivity index (χ1) is 20.8. The van der Waals surface area contributed by atoms with Crippen molar-refractivity contribution >= 4 is 23.4 Å². The molecule has 9 heteroatoms. The zero-order chi connectivity index (χ0) is 31.8. The fraction of sp³-hybridized carbons (Fsp3) is 0.771. The number of rotatable bonds is 8. The number of hydrogen-bond donors (Lipinski definition) is 2. The Balaban J connectivity index is 1.45. The molecule has 246 valence electrons. The van der Waals surface area contributed by atoms with E-state index in [1.807, 2.05) is 24.0 Å². The molecule has 0 bridgehead atoms. The lowest BCUT2D eigenvalue weighted by Crippen LogP contribution is -2.54. The van der Waals surface area contributed by atoms with E-state index in [0.717, 1.165) is 57.2 Å². The molecule has 1 unspecified atom stereocenters. The maximum absolute atomic E-state index is 14.1. The van der Waals surface area contributed by atoms with Crippen LogP contribution in [0.25, 0.3) is 0 Å². The minimum absolute atomic E-state index is 0.0645. The lowest BCUT2D eigenvalue weighted by Gasteiger charge is -2.43. The van der Waals surface area contributed by atoms with Crippen molar-refractivity contribution < 1.29 is 19.4 Å². The number of nitrogens with one attached hydrogen (secondary N) is 1. The molecule has 1 aromatic rings. The van der Waals surface area contributed by atoms with E-state index in [2.05, 4.69) is 61.9 Å². The fourth-order valence-corrected chi connectivity index (χ4v) is 8.25. The van der Waals surface area contributed by atoms with Crippen LogP contribution in [0.2, 0.25) is 5.02 Å². The minimum atomic E-state index is -0.842. The number of aliphatic hydroxyl groups is 1. The first-order valence-electron chi connectivity index (χ1n) is 16.9. The highest BCUT2D eigenvalue weighted by molar-refractivity contribution is 6.30. The molecule has 1 aromatic carbocycles. The highest BCUT2D eigenvalue weighted by atomic mass is 35.5. The van der Waals surface area contributed by atoms with Gasteiger partial charge >= 0.3 is 0 Å². The van der Waals surface area contributed by atoms with Gasteiger partial charge in [0.15, 0.2) is 0 Å². The minimum Gasteiger partial charge on any atom is -0.378 e. The molecule has 2 N–H and O–H groups in total. The lowest BCUT2D eigenvalue weighted by atomic mass is 9.75. The van der Waals surface area contributed by atoms with Crippen LogP contribution >= 0.6 is 11.6 Å². The van der Waals surface area contributed by atoms with Crippen molar-refractivity contribution in [3.05, 3.63) is 34.9 Å². The topological polar surface area (TPSA) is 85.3 Å². The number of benzene rings is 1. The van der Waals surface area contributed by atoms with E-state index in [4.69, 9.17) is 16.3 Å². The number of ether oxygens (including phenoxy) is 1. The number of halogens is 1. The SMILES string of the molecule is CCNC(=O)[C@@H]1C[C@H](N(C(=O)[C@@H]2CCCO2)C2CCC(C)(C)CC2)CN1C(O)[C@@H]1CN(C(C)(C)C)C[C@H]1c1ccc(Cl)cc1. The number of carbonyl (C=O) groups excluding carboxylic acids is 2. The molecular formula is C35H55ClN4O4. The molecule has 44 heavy (non-hydrogen) atoms. The molecule has 3 heterocycles. The van der Waals surface area contributed by atoms with Crippen LogP contribution in [0.5, 0.6) is 0 Å². The zero-order valence-corrected chi connectivity index (χ0v) is 28.5. The Morgan fingerprint density at radius 1 is 1.09 bits per heavy atom. The molecule has 1 saturated carbocycles. The van der Waals surface area contributed by atoms with Gasteiger partial charge in [-0.1, -0.05) is 37.6 Å². The highest BCUT2D eigenvalue weighted by Crippen LogP contribution is 2.43. The summed E-state index contributed by atoms with van der Waals surface area (Å²) in [5.74, 6) is -0.0245. The molecule has 6 atom stereocenters. The number of likely N-dealkylation sites (N-methyl/N-ethyl adjacent to an activating group) is 1. The van der Waals surface area contributed by atoms with Crippen LogP contribution in [0, 0.1) is 11.3 Å². The summed E-state index contributed by atoms with van der Waals surface area (Å²) in [5.41, 5.74) is 1.36. The third kappa shape index (κ3) is 7.30. The quantitative estimate of drug-likeness (QED) is 0.419. The molecule has 2 amide bonds. The number of amides is 2. The van der Waals surface area contributed by atoms with Gasteiger partial charge in [0.05, 0.1) is 6.04 Å². The Bertz CT molecular complexity index is 1140. The van der Waals surface area contributed by atoms with E-state index < -0.39 is 18.4 Å². The number of carbonyl (C=O) groups is 2. The predicted molar refractivity (Wildman–Crippen MR) is 174 cm³/mol. The van der Waals surface area contributed by atoms with Crippen LogP contribution in [0.4, 0.5) is 0 Å². The van der Waals surface area contributed by atoms with Gasteiger partial charge in [-0.15, -0.1) is 0 Å². The lowest BCUT2D eigenvalue weighted by molar-refractivity contribution is -0.147. The molecule has 3 saturated heterocycles. The van der Waals surface area contributed by atoms with Gasteiger partial charge in [-0.25, -0.2) is 0 Å². The van der Waals surface area contributed by atoms with Crippen molar-refractivity contribution in [3.8, 4) is 0 Å². The number of likely N-dealkylation sites (tertiary alicyclic amines) is 2. The molecule has 4 fully saturated rings. The second kappa shape index (κ2) is 13.6. The Morgan fingerprint density at radius 2 is 1.77 bits per heavy atom. The average Bonchev–Trinajstić information content (AvgIpc) is 3.74. The van der Waals surface area contributed by atoms with Gasteiger partial charge in [-0.2, -0.15) is 0 Å². The second-order valence-corrected chi connectivity index (χ2v) is 15.9. The smallest absolute Gasteiger partial charge is 0.252 e. The molecule has 3 aliphatic heterocycles. The zero-order valence-electron chi connectivity index (χ0n) is 27.7. The monoisotopic (exact) mass is 630 g/mol. The number of aliphatic hydroxyl groups excluding tert-OH is 1. The van der Waals surface area contributed by atoms with Crippen LogP contribution in [-0.2, 0) is 14.3 Å². The van der Waals surface area contributed by atoms with Crippen molar-refractivity contribution in [2.75, 3.05) is 32.8 Å². The van der Waals surface area contributed by atoms with Crippen LogP contribution in [0.1, 0.15) is 98.0 Å². The summed E-state index contributed by atoms with van der Waals surface area (Å²) in [6.45, 7) is 16.3.